The van der Waals surface area contributed by atoms with Crippen LogP contribution in [0.5, 0.6) is 5.75 Å². The first-order chi connectivity index (χ1) is 12.4. The highest BCUT2D eigenvalue weighted by atomic mass is 32.2. The van der Waals surface area contributed by atoms with E-state index >= 15 is 0 Å². The van der Waals surface area contributed by atoms with Gasteiger partial charge in [-0.2, -0.15) is 0 Å². The van der Waals surface area contributed by atoms with Gasteiger partial charge in [-0.05, 0) is 56.6 Å². The summed E-state index contributed by atoms with van der Waals surface area (Å²) >= 11 is 0. The topological polar surface area (TPSA) is 58.6 Å². The number of likely N-dealkylation sites (tertiary alicyclic amines) is 1. The van der Waals surface area contributed by atoms with Crippen molar-refractivity contribution in [2.45, 2.75) is 37.3 Å². The number of benzene rings is 2. The molecule has 1 fully saturated rings. The minimum atomic E-state index is -3.50. The Labute approximate surface area is 156 Å². The van der Waals surface area contributed by atoms with Crippen LogP contribution in [0.25, 0.3) is 0 Å². The molecule has 0 unspecified atom stereocenters. The third-order valence-electron chi connectivity index (χ3n) is 4.69. The Bertz CT molecular complexity index is 809. The number of nitrogens with one attached hydrogen (secondary N) is 1. The van der Waals surface area contributed by atoms with Crippen molar-refractivity contribution in [3.63, 3.8) is 0 Å². The van der Waals surface area contributed by atoms with E-state index in [2.05, 4.69) is 16.7 Å². The van der Waals surface area contributed by atoms with Crippen molar-refractivity contribution in [3.8, 4) is 5.75 Å². The minimum absolute atomic E-state index is 0.255. The lowest BCUT2D eigenvalue weighted by molar-refractivity contribution is 0.114. The molecule has 3 rings (SSSR count). The molecule has 0 aliphatic carbocycles. The van der Waals surface area contributed by atoms with Crippen LogP contribution < -0.4 is 9.46 Å². The Morgan fingerprint density at radius 3 is 2.27 bits per heavy atom. The van der Waals surface area contributed by atoms with Gasteiger partial charge in [-0.25, -0.2) is 13.1 Å². The predicted molar refractivity (Wildman–Crippen MR) is 103 cm³/mol. The van der Waals surface area contributed by atoms with Gasteiger partial charge >= 0.3 is 0 Å². The zero-order valence-electron chi connectivity index (χ0n) is 15.3. The summed E-state index contributed by atoms with van der Waals surface area (Å²) in [4.78, 5) is 2.59. The van der Waals surface area contributed by atoms with Crippen molar-refractivity contribution in [2.24, 2.45) is 0 Å². The molecule has 6 heteroatoms. The van der Waals surface area contributed by atoms with Crippen LogP contribution in [0.4, 0.5) is 0 Å². The summed E-state index contributed by atoms with van der Waals surface area (Å²) in [7, 11) is -1.37. The van der Waals surface area contributed by atoms with Crippen LogP contribution in [0.1, 0.15) is 24.0 Å². The lowest BCUT2D eigenvalue weighted by Crippen LogP contribution is -2.35. The number of hydrogen-bond donors (Lipinski definition) is 1. The highest BCUT2D eigenvalue weighted by Gasteiger charge is 2.18. The average molecular weight is 375 g/mol. The molecule has 2 aromatic carbocycles. The van der Waals surface area contributed by atoms with Crippen LogP contribution in [-0.4, -0.2) is 39.6 Å². The first kappa shape index (κ1) is 18.9. The Hall–Kier alpha value is -1.89. The van der Waals surface area contributed by atoms with E-state index in [0.29, 0.717) is 0 Å². The maximum Gasteiger partial charge on any atom is 0.240 e. The molecule has 1 N–H and O–H groups in total. The monoisotopic (exact) mass is 374 g/mol. The second kappa shape index (κ2) is 8.20. The summed E-state index contributed by atoms with van der Waals surface area (Å²) in [5, 5.41) is 0. The second-order valence-corrected chi connectivity index (χ2v) is 8.67. The highest BCUT2D eigenvalue weighted by Crippen LogP contribution is 2.19. The molecule has 26 heavy (non-hydrogen) atoms. The zero-order valence-corrected chi connectivity index (χ0v) is 16.1. The molecule has 5 nitrogen and oxygen atoms in total. The van der Waals surface area contributed by atoms with Gasteiger partial charge in [0.15, 0.2) is 0 Å². The number of ether oxygens (including phenoxy) is 1. The molecule has 1 aliphatic heterocycles. The average Bonchev–Trinajstić information content (AvgIpc) is 2.63. The number of sulfonamides is 1. The van der Waals surface area contributed by atoms with Gasteiger partial charge in [-0.3, -0.25) is 0 Å². The lowest BCUT2D eigenvalue weighted by atomic mass is 10.1. The van der Waals surface area contributed by atoms with E-state index in [4.69, 9.17) is 4.74 Å². The third-order valence-corrected chi connectivity index (χ3v) is 6.11. The van der Waals surface area contributed by atoms with Crippen molar-refractivity contribution < 1.29 is 13.2 Å². The number of piperidine rings is 1. The van der Waals surface area contributed by atoms with Gasteiger partial charge in [0.1, 0.15) is 11.9 Å². The molecular weight excluding hydrogens is 348 g/mol. The Morgan fingerprint density at radius 1 is 1.04 bits per heavy atom. The van der Waals surface area contributed by atoms with E-state index in [0.717, 1.165) is 42.8 Å². The first-order valence-corrected chi connectivity index (χ1v) is 10.4. The molecular formula is C20H26N2O3S. The summed E-state index contributed by atoms with van der Waals surface area (Å²) in [6.07, 6.45) is 2.33. The van der Waals surface area contributed by atoms with Crippen molar-refractivity contribution in [2.75, 3.05) is 20.1 Å². The standard InChI is InChI=1S/C20H26N2O3S/c1-16-3-9-20(10-4-16)26(23,24)21-15-17-5-7-18(8-6-17)25-19-11-13-22(2)14-12-19/h3-10,19,21H,11-15H2,1-2H3. The van der Waals surface area contributed by atoms with Crippen molar-refractivity contribution in [3.05, 3.63) is 59.7 Å². The van der Waals surface area contributed by atoms with E-state index in [1.165, 1.54) is 0 Å². The normalized spacial score (nSPS) is 16.5. The van der Waals surface area contributed by atoms with Crippen LogP contribution >= 0.6 is 0 Å². The van der Waals surface area contributed by atoms with Crippen LogP contribution in [0, 0.1) is 6.92 Å². The molecule has 1 saturated heterocycles. The van der Waals surface area contributed by atoms with E-state index < -0.39 is 10.0 Å². The number of rotatable bonds is 6. The van der Waals surface area contributed by atoms with Gasteiger partial charge in [-0.1, -0.05) is 29.8 Å². The first-order valence-electron chi connectivity index (χ1n) is 8.93. The SMILES string of the molecule is Cc1ccc(S(=O)(=O)NCc2ccc(OC3CCN(C)CC3)cc2)cc1. The summed E-state index contributed by atoms with van der Waals surface area (Å²) in [5.74, 6) is 0.838. The van der Waals surface area contributed by atoms with Crippen molar-refractivity contribution in [1.82, 2.24) is 9.62 Å². The number of hydrogen-bond acceptors (Lipinski definition) is 4. The van der Waals surface area contributed by atoms with Crippen LogP contribution in [0.2, 0.25) is 0 Å². The fraction of sp³-hybridized carbons (Fsp3) is 0.400. The molecule has 0 saturated carbocycles. The van der Waals surface area contributed by atoms with Crippen LogP contribution in [0.3, 0.4) is 0 Å². The molecule has 0 bridgehead atoms. The molecule has 2 aromatic rings. The minimum Gasteiger partial charge on any atom is -0.490 e. The van der Waals surface area contributed by atoms with Gasteiger partial charge in [0.05, 0.1) is 4.90 Å². The van der Waals surface area contributed by atoms with Crippen molar-refractivity contribution in [1.29, 1.82) is 0 Å². The highest BCUT2D eigenvalue weighted by molar-refractivity contribution is 7.89. The molecule has 1 aliphatic rings. The van der Waals surface area contributed by atoms with Crippen LogP contribution in [-0.2, 0) is 16.6 Å². The molecule has 1 heterocycles. The van der Waals surface area contributed by atoms with Gasteiger partial charge < -0.3 is 9.64 Å². The molecule has 0 atom stereocenters. The van der Waals surface area contributed by atoms with Crippen LogP contribution in [0.15, 0.2) is 53.4 Å². The third kappa shape index (κ3) is 5.06. The second-order valence-electron chi connectivity index (χ2n) is 6.90. The Kier molecular flexibility index (Phi) is 5.96. The molecule has 0 spiro atoms. The maximum absolute atomic E-state index is 12.3. The van der Waals surface area contributed by atoms with Gasteiger partial charge in [0, 0.05) is 19.6 Å². The number of aryl methyl sites for hydroxylation is 1. The van der Waals surface area contributed by atoms with Gasteiger partial charge in [0.2, 0.25) is 10.0 Å². The van der Waals surface area contributed by atoms with E-state index in [9.17, 15) is 8.42 Å². The number of nitrogens with zero attached hydrogens (tertiary/aromatic N) is 1. The maximum atomic E-state index is 12.3. The van der Waals surface area contributed by atoms with Gasteiger partial charge in [0.25, 0.3) is 0 Å². The smallest absolute Gasteiger partial charge is 0.240 e. The molecule has 0 radical (unpaired) electrons. The van der Waals surface area contributed by atoms with E-state index in [-0.39, 0.29) is 17.5 Å². The van der Waals surface area contributed by atoms with Gasteiger partial charge in [-0.15, -0.1) is 0 Å². The predicted octanol–water partition coefficient (Wildman–Crippen LogP) is 2.95. The fourth-order valence-electron chi connectivity index (χ4n) is 2.96. The van der Waals surface area contributed by atoms with E-state index in [1.807, 2.05) is 31.2 Å². The largest absolute Gasteiger partial charge is 0.490 e. The van der Waals surface area contributed by atoms with E-state index in [1.54, 1.807) is 24.3 Å². The fourth-order valence-corrected chi connectivity index (χ4v) is 3.98. The summed E-state index contributed by atoms with van der Waals surface area (Å²) in [5.41, 5.74) is 1.93. The van der Waals surface area contributed by atoms with Crippen molar-refractivity contribution >= 4 is 10.0 Å². The summed E-state index contributed by atoms with van der Waals surface area (Å²) in [6, 6.07) is 14.5. The summed E-state index contributed by atoms with van der Waals surface area (Å²) < 4.78 is 33.3. The molecule has 140 valence electrons. The summed E-state index contributed by atoms with van der Waals surface area (Å²) in [6.45, 7) is 4.30. The Balaban J connectivity index is 1.55. The lowest BCUT2D eigenvalue weighted by Gasteiger charge is -2.29. The Morgan fingerprint density at radius 2 is 1.65 bits per heavy atom. The molecule has 0 amide bonds. The zero-order chi connectivity index (χ0) is 18.6. The quantitative estimate of drug-likeness (QED) is 0.845. The molecule has 0 aromatic heterocycles.